The van der Waals surface area contributed by atoms with Crippen LogP contribution in [0.15, 0.2) is 72.8 Å². The summed E-state index contributed by atoms with van der Waals surface area (Å²) in [6.07, 6.45) is 13.0. The van der Waals surface area contributed by atoms with Gasteiger partial charge in [0.1, 0.15) is 5.75 Å². The summed E-state index contributed by atoms with van der Waals surface area (Å²) in [6.45, 7) is 2.27. The molecule has 0 spiro atoms. The maximum absolute atomic E-state index is 10.8. The fraction of sp³-hybridized carbons (Fsp3) is 0.379. The van der Waals surface area contributed by atoms with Gasteiger partial charge >= 0.3 is 0 Å². The van der Waals surface area contributed by atoms with E-state index in [9.17, 15) is 5.11 Å². The van der Waals surface area contributed by atoms with Gasteiger partial charge in [0.2, 0.25) is 0 Å². The first kappa shape index (κ1) is 22.2. The second kappa shape index (κ2) is 12.2. The van der Waals surface area contributed by atoms with Crippen molar-refractivity contribution >= 4 is 0 Å². The van der Waals surface area contributed by atoms with Crippen LogP contribution in [-0.4, -0.2) is 5.11 Å². The van der Waals surface area contributed by atoms with Gasteiger partial charge in [-0.25, -0.2) is 0 Å². The Morgan fingerprint density at radius 2 is 1.17 bits per heavy atom. The van der Waals surface area contributed by atoms with Crippen molar-refractivity contribution in [1.29, 1.82) is 0 Å². The highest BCUT2D eigenvalue weighted by Gasteiger charge is 2.14. The fourth-order valence-corrected chi connectivity index (χ4v) is 4.30. The first-order valence-electron chi connectivity index (χ1n) is 11.8. The number of unbranched alkanes of at least 4 members (excludes halogenated alkanes) is 8. The van der Waals surface area contributed by atoms with Gasteiger partial charge in [-0.2, -0.15) is 0 Å². The molecule has 3 aromatic rings. The molecular formula is C29H36O. The minimum atomic E-state index is 0.381. The van der Waals surface area contributed by atoms with Crippen molar-refractivity contribution in [3.05, 3.63) is 78.4 Å². The molecule has 0 saturated carbocycles. The van der Waals surface area contributed by atoms with Crippen LogP contribution in [-0.2, 0) is 6.42 Å². The molecule has 0 amide bonds. The molecule has 0 unspecified atom stereocenters. The summed E-state index contributed by atoms with van der Waals surface area (Å²) >= 11 is 0. The van der Waals surface area contributed by atoms with Crippen LogP contribution in [0.4, 0.5) is 0 Å². The van der Waals surface area contributed by atoms with E-state index in [1.165, 1.54) is 74.5 Å². The first-order chi connectivity index (χ1) is 14.8. The van der Waals surface area contributed by atoms with E-state index < -0.39 is 0 Å². The minimum absolute atomic E-state index is 0.381. The highest BCUT2D eigenvalue weighted by molar-refractivity contribution is 5.87. The molecule has 1 nitrogen and oxygen atoms in total. The van der Waals surface area contributed by atoms with E-state index in [-0.39, 0.29) is 0 Å². The number of aryl methyl sites for hydroxylation is 1. The molecule has 1 N–H and O–H groups in total. The van der Waals surface area contributed by atoms with Crippen LogP contribution in [0, 0.1) is 0 Å². The number of hydrogen-bond donors (Lipinski definition) is 1. The molecule has 0 heterocycles. The highest BCUT2D eigenvalue weighted by atomic mass is 16.3. The summed E-state index contributed by atoms with van der Waals surface area (Å²) in [5.74, 6) is 0.381. The summed E-state index contributed by atoms with van der Waals surface area (Å²) < 4.78 is 0. The summed E-state index contributed by atoms with van der Waals surface area (Å²) in [4.78, 5) is 0. The van der Waals surface area contributed by atoms with E-state index in [1.54, 1.807) is 0 Å². The monoisotopic (exact) mass is 400 g/mol. The van der Waals surface area contributed by atoms with E-state index in [4.69, 9.17) is 0 Å². The molecule has 0 saturated heterocycles. The number of aromatic hydroxyl groups is 1. The second-order valence-corrected chi connectivity index (χ2v) is 8.30. The van der Waals surface area contributed by atoms with Crippen LogP contribution in [0.2, 0.25) is 0 Å². The Hall–Kier alpha value is -2.54. The van der Waals surface area contributed by atoms with Gasteiger partial charge < -0.3 is 5.11 Å². The van der Waals surface area contributed by atoms with Crippen LogP contribution in [0.25, 0.3) is 22.3 Å². The Morgan fingerprint density at radius 3 is 1.87 bits per heavy atom. The van der Waals surface area contributed by atoms with E-state index in [1.807, 2.05) is 18.2 Å². The summed E-state index contributed by atoms with van der Waals surface area (Å²) in [7, 11) is 0. The normalized spacial score (nSPS) is 11.0. The van der Waals surface area contributed by atoms with Gasteiger partial charge in [-0.05, 0) is 41.2 Å². The summed E-state index contributed by atoms with van der Waals surface area (Å²) in [5.41, 5.74) is 5.73. The van der Waals surface area contributed by atoms with Crippen molar-refractivity contribution in [3.63, 3.8) is 0 Å². The SMILES string of the molecule is CCCCCCCCCCCc1cccc(O)c1-c1ccccc1-c1ccccc1. The number of hydrogen-bond acceptors (Lipinski definition) is 1. The lowest BCUT2D eigenvalue weighted by Gasteiger charge is -2.16. The molecule has 1 heteroatoms. The average molecular weight is 401 g/mol. The number of phenols is 1. The maximum atomic E-state index is 10.8. The Labute approximate surface area is 182 Å². The zero-order valence-corrected chi connectivity index (χ0v) is 18.4. The van der Waals surface area contributed by atoms with E-state index >= 15 is 0 Å². The fourth-order valence-electron chi connectivity index (χ4n) is 4.30. The quantitative estimate of drug-likeness (QED) is 0.301. The zero-order valence-electron chi connectivity index (χ0n) is 18.4. The Kier molecular flexibility index (Phi) is 9.03. The molecule has 0 aliphatic rings. The predicted octanol–water partition coefficient (Wildman–Crippen LogP) is 8.80. The van der Waals surface area contributed by atoms with Crippen LogP contribution < -0.4 is 0 Å². The Balaban J connectivity index is 1.67. The van der Waals surface area contributed by atoms with Gasteiger partial charge in [0.05, 0.1) is 0 Å². The first-order valence-corrected chi connectivity index (χ1v) is 11.8. The van der Waals surface area contributed by atoms with Gasteiger partial charge in [-0.15, -0.1) is 0 Å². The molecule has 3 aromatic carbocycles. The molecule has 0 bridgehead atoms. The number of phenolic OH excluding ortho intramolecular Hbond substituents is 1. The van der Waals surface area contributed by atoms with Crippen molar-refractivity contribution in [2.24, 2.45) is 0 Å². The largest absolute Gasteiger partial charge is 0.507 e. The third kappa shape index (κ3) is 6.23. The highest BCUT2D eigenvalue weighted by Crippen LogP contribution is 2.39. The molecule has 0 aliphatic heterocycles. The van der Waals surface area contributed by atoms with Crippen LogP contribution in [0.1, 0.15) is 70.3 Å². The van der Waals surface area contributed by atoms with Crippen molar-refractivity contribution in [3.8, 4) is 28.0 Å². The molecule has 0 aliphatic carbocycles. The lowest BCUT2D eigenvalue weighted by molar-refractivity contribution is 0.476. The zero-order chi connectivity index (χ0) is 21.0. The maximum Gasteiger partial charge on any atom is 0.123 e. The molecule has 0 atom stereocenters. The van der Waals surface area contributed by atoms with Gasteiger partial charge in [-0.3, -0.25) is 0 Å². The van der Waals surface area contributed by atoms with Crippen molar-refractivity contribution in [2.45, 2.75) is 71.1 Å². The van der Waals surface area contributed by atoms with Crippen LogP contribution in [0.3, 0.4) is 0 Å². The van der Waals surface area contributed by atoms with Gasteiger partial charge in [0.15, 0.2) is 0 Å². The van der Waals surface area contributed by atoms with Crippen molar-refractivity contribution in [1.82, 2.24) is 0 Å². The lowest BCUT2D eigenvalue weighted by Crippen LogP contribution is -1.94. The standard InChI is InChI=1S/C29H36O/c1-2-3-4-5-6-7-8-9-11-19-25-20-16-23-28(30)29(25)27-22-15-14-21-26(27)24-17-12-10-13-18-24/h10,12-18,20-23,30H,2-9,11,19H2,1H3. The van der Waals surface area contributed by atoms with E-state index in [0.717, 1.165) is 17.5 Å². The van der Waals surface area contributed by atoms with Crippen molar-refractivity contribution < 1.29 is 5.11 Å². The summed E-state index contributed by atoms with van der Waals surface area (Å²) in [5, 5.41) is 10.8. The minimum Gasteiger partial charge on any atom is -0.507 e. The van der Waals surface area contributed by atoms with Crippen LogP contribution in [0.5, 0.6) is 5.75 Å². The average Bonchev–Trinajstić information content (AvgIpc) is 2.79. The molecule has 0 fully saturated rings. The molecule has 0 radical (unpaired) electrons. The summed E-state index contributed by atoms with van der Waals surface area (Å²) in [6, 6.07) is 24.9. The molecule has 0 aromatic heterocycles. The van der Waals surface area contributed by atoms with E-state index in [0.29, 0.717) is 5.75 Å². The molecule has 3 rings (SSSR count). The molecular weight excluding hydrogens is 364 g/mol. The molecule has 158 valence electrons. The van der Waals surface area contributed by atoms with Gasteiger partial charge in [-0.1, -0.05) is 125 Å². The van der Waals surface area contributed by atoms with Gasteiger partial charge in [0.25, 0.3) is 0 Å². The van der Waals surface area contributed by atoms with Crippen molar-refractivity contribution in [2.75, 3.05) is 0 Å². The predicted molar refractivity (Wildman–Crippen MR) is 130 cm³/mol. The smallest absolute Gasteiger partial charge is 0.123 e. The third-order valence-corrected chi connectivity index (χ3v) is 5.96. The van der Waals surface area contributed by atoms with Gasteiger partial charge in [0, 0.05) is 5.56 Å². The number of rotatable bonds is 12. The van der Waals surface area contributed by atoms with E-state index in [2.05, 4.69) is 61.5 Å². The third-order valence-electron chi connectivity index (χ3n) is 5.96. The second-order valence-electron chi connectivity index (χ2n) is 8.30. The Bertz CT molecular complexity index is 882. The lowest BCUT2D eigenvalue weighted by atomic mass is 9.89. The Morgan fingerprint density at radius 1 is 0.567 bits per heavy atom. The topological polar surface area (TPSA) is 20.2 Å². The molecule has 30 heavy (non-hydrogen) atoms. The van der Waals surface area contributed by atoms with Crippen LogP contribution >= 0.6 is 0 Å². The number of benzene rings is 3.